The molecule has 0 heterocycles. The van der Waals surface area contributed by atoms with Gasteiger partial charge in [0.1, 0.15) is 5.75 Å². The van der Waals surface area contributed by atoms with Crippen molar-refractivity contribution >= 4 is 0 Å². The number of ether oxygens (including phenoxy) is 2. The van der Waals surface area contributed by atoms with Crippen LogP contribution < -0.4 is 10.5 Å². The molecule has 0 aromatic heterocycles. The van der Waals surface area contributed by atoms with Crippen LogP contribution in [0.3, 0.4) is 0 Å². The Balaban J connectivity index is 1.64. The van der Waals surface area contributed by atoms with E-state index in [9.17, 15) is 0 Å². The first-order chi connectivity index (χ1) is 9.74. The minimum atomic E-state index is -0.0702. The van der Waals surface area contributed by atoms with Gasteiger partial charge in [-0.1, -0.05) is 25.1 Å². The molecule has 0 spiro atoms. The average Bonchev–Trinajstić information content (AvgIpc) is 2.50. The molecule has 0 amide bonds. The van der Waals surface area contributed by atoms with Crippen LogP contribution >= 0.6 is 0 Å². The second kappa shape index (κ2) is 7.65. The van der Waals surface area contributed by atoms with Gasteiger partial charge in [0.15, 0.2) is 0 Å². The van der Waals surface area contributed by atoms with Crippen molar-refractivity contribution < 1.29 is 9.47 Å². The van der Waals surface area contributed by atoms with E-state index in [1.54, 1.807) is 0 Å². The number of rotatable bonds is 7. The smallest absolute Gasteiger partial charge is 0.119 e. The first-order valence-electron chi connectivity index (χ1n) is 7.76. The highest BCUT2D eigenvalue weighted by Crippen LogP contribution is 2.34. The second-order valence-corrected chi connectivity index (χ2v) is 5.93. The molecular weight excluding hydrogens is 250 g/mol. The van der Waals surface area contributed by atoms with Crippen LogP contribution in [0.1, 0.15) is 39.0 Å². The lowest BCUT2D eigenvalue weighted by atomic mass is 9.79. The zero-order valence-corrected chi connectivity index (χ0v) is 12.5. The minimum Gasteiger partial charge on any atom is -0.494 e. The zero-order valence-electron chi connectivity index (χ0n) is 12.5. The second-order valence-electron chi connectivity index (χ2n) is 5.93. The van der Waals surface area contributed by atoms with E-state index < -0.39 is 0 Å². The van der Waals surface area contributed by atoms with E-state index in [0.29, 0.717) is 13.2 Å². The van der Waals surface area contributed by atoms with Gasteiger partial charge in [-0.15, -0.1) is 0 Å². The van der Waals surface area contributed by atoms with Crippen molar-refractivity contribution in [3.8, 4) is 5.75 Å². The summed E-state index contributed by atoms with van der Waals surface area (Å²) in [5, 5.41) is 0. The summed E-state index contributed by atoms with van der Waals surface area (Å²) in [6, 6.07) is 9.91. The standard InChI is InChI=1S/C17H27NO2/c1-15-8-10-17(14-18,11-9-15)20-13-5-12-19-16-6-3-2-4-7-16/h2-4,6-7,15H,5,8-14,18H2,1H3. The fraction of sp³-hybridized carbons (Fsp3) is 0.647. The fourth-order valence-corrected chi connectivity index (χ4v) is 2.75. The van der Waals surface area contributed by atoms with Crippen molar-refractivity contribution in [2.75, 3.05) is 19.8 Å². The van der Waals surface area contributed by atoms with Gasteiger partial charge in [0, 0.05) is 13.0 Å². The molecule has 0 radical (unpaired) electrons. The topological polar surface area (TPSA) is 44.5 Å². The normalized spacial score (nSPS) is 26.4. The van der Waals surface area contributed by atoms with Crippen LogP contribution in [0.15, 0.2) is 30.3 Å². The Labute approximate surface area is 122 Å². The van der Waals surface area contributed by atoms with Crippen molar-refractivity contribution in [3.63, 3.8) is 0 Å². The monoisotopic (exact) mass is 277 g/mol. The molecule has 0 unspecified atom stereocenters. The molecule has 1 aromatic rings. The molecule has 1 fully saturated rings. The molecular formula is C17H27NO2. The highest BCUT2D eigenvalue weighted by molar-refractivity contribution is 5.20. The maximum Gasteiger partial charge on any atom is 0.119 e. The summed E-state index contributed by atoms with van der Waals surface area (Å²) in [4.78, 5) is 0. The fourth-order valence-electron chi connectivity index (χ4n) is 2.75. The molecule has 2 rings (SSSR count). The average molecular weight is 277 g/mol. The Morgan fingerprint density at radius 2 is 1.85 bits per heavy atom. The zero-order chi connectivity index (χ0) is 14.3. The summed E-state index contributed by atoms with van der Waals surface area (Å²) in [6.45, 7) is 4.38. The number of benzene rings is 1. The maximum atomic E-state index is 6.10. The highest BCUT2D eigenvalue weighted by atomic mass is 16.5. The summed E-state index contributed by atoms with van der Waals surface area (Å²) in [5.74, 6) is 1.74. The maximum absolute atomic E-state index is 6.10. The van der Waals surface area contributed by atoms with Crippen LogP contribution in [-0.4, -0.2) is 25.4 Å². The van der Waals surface area contributed by atoms with Crippen LogP contribution in [0.25, 0.3) is 0 Å². The van der Waals surface area contributed by atoms with Crippen LogP contribution in [0.2, 0.25) is 0 Å². The Hall–Kier alpha value is -1.06. The van der Waals surface area contributed by atoms with Gasteiger partial charge in [0.2, 0.25) is 0 Å². The molecule has 0 bridgehead atoms. The molecule has 3 heteroatoms. The van der Waals surface area contributed by atoms with Crippen molar-refractivity contribution in [2.45, 2.75) is 44.6 Å². The summed E-state index contributed by atoms with van der Waals surface area (Å²) in [7, 11) is 0. The van der Waals surface area contributed by atoms with Gasteiger partial charge in [-0.25, -0.2) is 0 Å². The minimum absolute atomic E-state index is 0.0702. The highest BCUT2D eigenvalue weighted by Gasteiger charge is 2.33. The lowest BCUT2D eigenvalue weighted by Gasteiger charge is -2.38. The predicted octanol–water partition coefficient (Wildman–Crippen LogP) is 3.38. The Kier molecular flexibility index (Phi) is 5.86. The van der Waals surface area contributed by atoms with E-state index >= 15 is 0 Å². The molecule has 112 valence electrons. The number of hydrogen-bond acceptors (Lipinski definition) is 3. The van der Waals surface area contributed by atoms with E-state index in [1.807, 2.05) is 30.3 Å². The molecule has 1 aliphatic carbocycles. The van der Waals surface area contributed by atoms with Gasteiger partial charge in [0.25, 0.3) is 0 Å². The van der Waals surface area contributed by atoms with Gasteiger partial charge in [-0.05, 0) is 43.7 Å². The van der Waals surface area contributed by atoms with Gasteiger partial charge >= 0.3 is 0 Å². The largest absolute Gasteiger partial charge is 0.494 e. The quantitative estimate of drug-likeness (QED) is 0.777. The Morgan fingerprint density at radius 3 is 2.50 bits per heavy atom. The van der Waals surface area contributed by atoms with Crippen LogP contribution in [0, 0.1) is 5.92 Å². The molecule has 3 nitrogen and oxygen atoms in total. The van der Waals surface area contributed by atoms with E-state index in [1.165, 1.54) is 12.8 Å². The van der Waals surface area contributed by atoms with Gasteiger partial charge in [0.05, 0.1) is 18.8 Å². The van der Waals surface area contributed by atoms with E-state index in [2.05, 4.69) is 6.92 Å². The third kappa shape index (κ3) is 4.50. The first kappa shape index (κ1) is 15.3. The number of hydrogen-bond donors (Lipinski definition) is 1. The molecule has 0 atom stereocenters. The first-order valence-corrected chi connectivity index (χ1v) is 7.76. The predicted molar refractivity (Wildman–Crippen MR) is 81.9 cm³/mol. The third-order valence-electron chi connectivity index (χ3n) is 4.27. The third-order valence-corrected chi connectivity index (χ3v) is 4.27. The van der Waals surface area contributed by atoms with Gasteiger partial charge < -0.3 is 15.2 Å². The lowest BCUT2D eigenvalue weighted by molar-refractivity contribution is -0.0726. The summed E-state index contributed by atoms with van der Waals surface area (Å²) < 4.78 is 11.8. The number of nitrogens with two attached hydrogens (primary N) is 1. The van der Waals surface area contributed by atoms with Gasteiger partial charge in [-0.2, -0.15) is 0 Å². The molecule has 1 aromatic carbocycles. The summed E-state index contributed by atoms with van der Waals surface area (Å²) in [6.07, 6.45) is 5.58. The molecule has 2 N–H and O–H groups in total. The van der Waals surface area contributed by atoms with E-state index in [-0.39, 0.29) is 5.60 Å². The molecule has 0 aliphatic heterocycles. The lowest BCUT2D eigenvalue weighted by Crippen LogP contribution is -2.44. The van der Waals surface area contributed by atoms with Crippen LogP contribution in [-0.2, 0) is 4.74 Å². The van der Waals surface area contributed by atoms with Crippen molar-refractivity contribution in [3.05, 3.63) is 30.3 Å². The van der Waals surface area contributed by atoms with Gasteiger partial charge in [-0.3, -0.25) is 0 Å². The molecule has 1 aliphatic rings. The van der Waals surface area contributed by atoms with Crippen molar-refractivity contribution in [1.29, 1.82) is 0 Å². The molecule has 20 heavy (non-hydrogen) atoms. The molecule has 1 saturated carbocycles. The summed E-state index contributed by atoms with van der Waals surface area (Å²) in [5.41, 5.74) is 5.86. The Bertz CT molecular complexity index is 372. The SMILES string of the molecule is CC1CCC(CN)(OCCCOc2ccccc2)CC1. The van der Waals surface area contributed by atoms with Crippen molar-refractivity contribution in [1.82, 2.24) is 0 Å². The van der Waals surface area contributed by atoms with Crippen LogP contribution in [0.5, 0.6) is 5.75 Å². The number of para-hydroxylation sites is 1. The van der Waals surface area contributed by atoms with E-state index in [0.717, 1.165) is 37.5 Å². The Morgan fingerprint density at radius 1 is 1.15 bits per heavy atom. The molecule has 0 saturated heterocycles. The summed E-state index contributed by atoms with van der Waals surface area (Å²) >= 11 is 0. The van der Waals surface area contributed by atoms with Crippen LogP contribution in [0.4, 0.5) is 0 Å². The van der Waals surface area contributed by atoms with Crippen molar-refractivity contribution in [2.24, 2.45) is 11.7 Å². The van der Waals surface area contributed by atoms with E-state index in [4.69, 9.17) is 15.2 Å².